The maximum absolute atomic E-state index is 13.3. The summed E-state index contributed by atoms with van der Waals surface area (Å²) in [5.74, 6) is -0.159. The third-order valence-electron chi connectivity index (χ3n) is 7.30. The van der Waals surface area contributed by atoms with Gasteiger partial charge in [-0.1, -0.05) is 6.07 Å². The first kappa shape index (κ1) is 23.3. The van der Waals surface area contributed by atoms with Crippen LogP contribution in [0.2, 0.25) is 0 Å². The zero-order valence-corrected chi connectivity index (χ0v) is 20.9. The van der Waals surface area contributed by atoms with Crippen molar-refractivity contribution in [3.8, 4) is 5.75 Å². The number of benzene rings is 2. The molecule has 1 spiro atoms. The van der Waals surface area contributed by atoms with Crippen LogP contribution in [0.4, 0.5) is 0 Å². The normalized spacial score (nSPS) is 19.1. The molecule has 3 aliphatic heterocycles. The Balaban J connectivity index is 1.33. The smallest absolute Gasteiger partial charge is 0.262 e. The Labute approximate surface area is 205 Å². The zero-order valence-electron chi connectivity index (χ0n) is 20.9. The van der Waals surface area contributed by atoms with Gasteiger partial charge in [0.05, 0.1) is 23.1 Å². The molecule has 5 rings (SSSR count). The lowest BCUT2D eigenvalue weighted by Crippen LogP contribution is -2.52. The largest absolute Gasteiger partial charge is 0.486 e. The van der Waals surface area contributed by atoms with E-state index in [1.54, 1.807) is 17.0 Å². The van der Waals surface area contributed by atoms with Gasteiger partial charge < -0.3 is 9.64 Å². The summed E-state index contributed by atoms with van der Waals surface area (Å²) in [5.41, 5.74) is 2.39. The fraction of sp³-hybridized carbons (Fsp3) is 0.429. The Morgan fingerprint density at radius 3 is 2.26 bits per heavy atom. The minimum Gasteiger partial charge on any atom is -0.486 e. The molecule has 0 saturated carbocycles. The van der Waals surface area contributed by atoms with E-state index in [1.165, 1.54) is 11.0 Å². The number of ketones is 1. The van der Waals surface area contributed by atoms with Gasteiger partial charge in [0.25, 0.3) is 17.7 Å². The summed E-state index contributed by atoms with van der Waals surface area (Å²) < 4.78 is 6.41. The molecule has 0 N–H and O–H groups in total. The van der Waals surface area contributed by atoms with Gasteiger partial charge in [-0.2, -0.15) is 0 Å². The van der Waals surface area contributed by atoms with Gasteiger partial charge in [-0.05, 0) is 70.0 Å². The van der Waals surface area contributed by atoms with Crippen LogP contribution in [0.25, 0.3) is 0 Å². The number of carbonyl (C=O) groups excluding carboxylic acids is 4. The highest BCUT2D eigenvalue weighted by atomic mass is 16.5. The number of ether oxygens (including phenoxy) is 1. The average Bonchev–Trinajstić information content (AvgIpc) is 3.02. The summed E-state index contributed by atoms with van der Waals surface area (Å²) in [4.78, 5) is 54.9. The molecule has 0 aromatic heterocycles. The molecule has 1 fully saturated rings. The average molecular weight is 475 g/mol. The number of imide groups is 1. The summed E-state index contributed by atoms with van der Waals surface area (Å²) in [7, 11) is 0. The third-order valence-corrected chi connectivity index (χ3v) is 7.30. The fourth-order valence-corrected chi connectivity index (χ4v) is 5.58. The lowest BCUT2D eigenvalue weighted by Gasteiger charge is -2.44. The van der Waals surface area contributed by atoms with E-state index >= 15 is 0 Å². The SMILES string of the molecule is Cc1cc(C)c2c(c1)OC1(CCN(C(=O)c3ccc4c(c3)C(=O)N(C(C)(C)C)C4=O)CC1)CC2=O. The monoisotopic (exact) mass is 474 g/mol. The molecule has 3 amide bonds. The van der Waals surface area contributed by atoms with Crippen molar-refractivity contribution >= 4 is 23.5 Å². The predicted molar refractivity (Wildman–Crippen MR) is 130 cm³/mol. The highest BCUT2D eigenvalue weighted by Crippen LogP contribution is 2.41. The quantitative estimate of drug-likeness (QED) is 0.574. The van der Waals surface area contributed by atoms with E-state index in [-0.39, 0.29) is 29.1 Å². The van der Waals surface area contributed by atoms with Crippen LogP contribution in [0.3, 0.4) is 0 Å². The van der Waals surface area contributed by atoms with Gasteiger partial charge in [-0.25, -0.2) is 0 Å². The summed E-state index contributed by atoms with van der Waals surface area (Å²) in [6.07, 6.45) is 1.41. The number of rotatable bonds is 1. The van der Waals surface area contributed by atoms with Crippen molar-refractivity contribution in [2.75, 3.05) is 13.1 Å². The minimum atomic E-state index is -0.647. The van der Waals surface area contributed by atoms with Crippen LogP contribution in [0.15, 0.2) is 30.3 Å². The second-order valence-electron chi connectivity index (χ2n) is 11.0. The van der Waals surface area contributed by atoms with Crippen LogP contribution in [-0.4, -0.2) is 57.5 Å². The lowest BCUT2D eigenvalue weighted by molar-refractivity contribution is -0.00583. The summed E-state index contributed by atoms with van der Waals surface area (Å²) >= 11 is 0. The number of hydrogen-bond donors (Lipinski definition) is 0. The van der Waals surface area contributed by atoms with Crippen LogP contribution < -0.4 is 4.74 Å². The van der Waals surface area contributed by atoms with Gasteiger partial charge in [-0.3, -0.25) is 24.1 Å². The molecule has 182 valence electrons. The van der Waals surface area contributed by atoms with Crippen LogP contribution in [0.5, 0.6) is 5.75 Å². The Morgan fingerprint density at radius 2 is 1.60 bits per heavy atom. The molecular weight excluding hydrogens is 444 g/mol. The number of piperidine rings is 1. The molecule has 7 heteroatoms. The Morgan fingerprint density at radius 1 is 0.943 bits per heavy atom. The summed E-state index contributed by atoms with van der Waals surface area (Å²) in [6.45, 7) is 10.2. The van der Waals surface area contributed by atoms with Gasteiger partial charge in [-0.15, -0.1) is 0 Å². The Bertz CT molecular complexity index is 1300. The molecule has 2 aromatic carbocycles. The van der Waals surface area contributed by atoms with E-state index in [1.807, 2.05) is 46.8 Å². The van der Waals surface area contributed by atoms with Crippen molar-refractivity contribution in [2.45, 2.75) is 65.0 Å². The van der Waals surface area contributed by atoms with E-state index < -0.39 is 11.1 Å². The fourth-order valence-electron chi connectivity index (χ4n) is 5.58. The van der Waals surface area contributed by atoms with Crippen LogP contribution in [-0.2, 0) is 0 Å². The van der Waals surface area contributed by atoms with Gasteiger partial charge in [0.2, 0.25) is 0 Å². The van der Waals surface area contributed by atoms with Crippen molar-refractivity contribution in [3.63, 3.8) is 0 Å². The molecule has 35 heavy (non-hydrogen) atoms. The first-order chi connectivity index (χ1) is 16.4. The Hall–Kier alpha value is -3.48. The number of amides is 3. The number of carbonyl (C=O) groups is 4. The summed E-state index contributed by atoms with van der Waals surface area (Å²) in [6, 6.07) is 8.64. The van der Waals surface area contributed by atoms with Crippen molar-refractivity contribution in [1.29, 1.82) is 0 Å². The molecule has 0 aliphatic carbocycles. The standard InChI is InChI=1S/C28H30N2O5/c1-16-12-17(2)23-21(31)15-28(35-22(23)13-16)8-10-29(11-9-28)24(32)18-6-7-19-20(14-18)26(34)30(25(19)33)27(3,4)5/h6-7,12-14H,8-11,15H2,1-5H3. The molecule has 0 radical (unpaired) electrons. The van der Waals surface area contributed by atoms with Gasteiger partial charge >= 0.3 is 0 Å². The predicted octanol–water partition coefficient (Wildman–Crippen LogP) is 4.34. The van der Waals surface area contributed by atoms with E-state index in [4.69, 9.17) is 4.74 Å². The van der Waals surface area contributed by atoms with Gasteiger partial charge in [0.1, 0.15) is 11.4 Å². The molecule has 2 aromatic rings. The van der Waals surface area contributed by atoms with Crippen LogP contribution in [0, 0.1) is 13.8 Å². The maximum Gasteiger partial charge on any atom is 0.262 e. The zero-order chi connectivity index (χ0) is 25.3. The van der Waals surface area contributed by atoms with Crippen molar-refractivity contribution in [1.82, 2.24) is 9.80 Å². The Kier molecular flexibility index (Phi) is 5.16. The van der Waals surface area contributed by atoms with Gasteiger partial charge in [0.15, 0.2) is 5.78 Å². The number of Topliss-reactive ketones (excluding diaryl/α,β-unsaturated/α-hetero) is 1. The van der Waals surface area contributed by atoms with Gasteiger partial charge in [0, 0.05) is 37.0 Å². The third kappa shape index (κ3) is 3.74. The number of hydrogen-bond acceptors (Lipinski definition) is 5. The van der Waals surface area contributed by atoms with Crippen molar-refractivity contribution in [3.05, 3.63) is 63.7 Å². The van der Waals surface area contributed by atoms with Crippen LogP contribution in [0.1, 0.15) is 92.6 Å². The molecule has 7 nitrogen and oxygen atoms in total. The second-order valence-corrected chi connectivity index (χ2v) is 11.0. The number of likely N-dealkylation sites (tertiary alicyclic amines) is 1. The molecule has 0 bridgehead atoms. The highest BCUT2D eigenvalue weighted by Gasteiger charge is 2.45. The molecule has 0 atom stereocenters. The first-order valence-electron chi connectivity index (χ1n) is 12.1. The lowest BCUT2D eigenvalue weighted by atomic mass is 9.81. The van der Waals surface area contributed by atoms with Crippen molar-refractivity contribution in [2.24, 2.45) is 0 Å². The maximum atomic E-state index is 13.3. The highest BCUT2D eigenvalue weighted by molar-refractivity contribution is 6.22. The number of fused-ring (bicyclic) bond motifs is 2. The number of aryl methyl sites for hydroxylation is 2. The molecule has 3 heterocycles. The summed E-state index contributed by atoms with van der Waals surface area (Å²) in [5, 5.41) is 0. The van der Waals surface area contributed by atoms with E-state index in [0.29, 0.717) is 54.8 Å². The molecule has 1 saturated heterocycles. The van der Waals surface area contributed by atoms with E-state index in [2.05, 4.69) is 0 Å². The number of nitrogens with zero attached hydrogens (tertiary/aromatic N) is 2. The molecule has 0 unspecified atom stereocenters. The van der Waals surface area contributed by atoms with E-state index in [9.17, 15) is 19.2 Å². The van der Waals surface area contributed by atoms with Crippen molar-refractivity contribution < 1.29 is 23.9 Å². The topological polar surface area (TPSA) is 84.0 Å². The van der Waals surface area contributed by atoms with E-state index in [0.717, 1.165) is 11.1 Å². The molecular formula is C28H30N2O5. The first-order valence-corrected chi connectivity index (χ1v) is 12.1. The minimum absolute atomic E-state index is 0.0914. The molecule has 3 aliphatic rings. The van der Waals surface area contributed by atoms with Crippen LogP contribution >= 0.6 is 0 Å². The second kappa shape index (κ2) is 7.77.